The number of benzene rings is 1. The number of β-amino-alcohol motifs (C(OH)–C–C–N with tert-alkyl or cyclic N) is 1. The van der Waals surface area contributed by atoms with Crippen molar-refractivity contribution in [3.8, 4) is 5.75 Å². The van der Waals surface area contributed by atoms with E-state index in [9.17, 15) is 9.90 Å². The van der Waals surface area contributed by atoms with Gasteiger partial charge in [0.25, 0.3) is 0 Å². The van der Waals surface area contributed by atoms with Crippen molar-refractivity contribution in [1.29, 1.82) is 0 Å². The Morgan fingerprint density at radius 2 is 2.37 bits per heavy atom. The lowest BCUT2D eigenvalue weighted by molar-refractivity contribution is -0.134. The number of carbonyl (C=O) groups excluding carboxylic acids is 1. The Kier molecular flexibility index (Phi) is 5.05. The number of halogens is 1. The maximum atomic E-state index is 11.9. The van der Waals surface area contributed by atoms with Gasteiger partial charge in [-0.25, -0.2) is 0 Å². The maximum Gasteiger partial charge on any atom is 0.226 e. The lowest BCUT2D eigenvalue weighted by Crippen LogP contribution is -2.42. The van der Waals surface area contributed by atoms with E-state index in [1.807, 2.05) is 0 Å². The topological polar surface area (TPSA) is 49.8 Å². The summed E-state index contributed by atoms with van der Waals surface area (Å²) in [5.74, 6) is 0.694. The molecule has 1 N–H and O–H groups in total. The zero-order valence-corrected chi connectivity index (χ0v) is 11.5. The molecule has 1 fully saturated rings. The lowest BCUT2D eigenvalue weighted by atomic mass is 10.1. The Labute approximate surface area is 117 Å². The summed E-state index contributed by atoms with van der Waals surface area (Å²) >= 11 is 5.84. The van der Waals surface area contributed by atoms with Crippen molar-refractivity contribution in [1.82, 2.24) is 4.90 Å². The van der Waals surface area contributed by atoms with Crippen LogP contribution in [0.25, 0.3) is 0 Å². The monoisotopic (exact) mass is 283 g/mol. The molecule has 1 aliphatic heterocycles. The molecule has 5 heteroatoms. The average molecular weight is 284 g/mol. The fraction of sp³-hybridized carbons (Fsp3) is 0.500. The zero-order valence-electron chi connectivity index (χ0n) is 10.7. The predicted octanol–water partition coefficient (Wildman–Crippen LogP) is 2.09. The van der Waals surface area contributed by atoms with Crippen LogP contribution in [-0.4, -0.2) is 41.7 Å². The number of piperidine rings is 1. The highest BCUT2D eigenvalue weighted by molar-refractivity contribution is 6.30. The van der Waals surface area contributed by atoms with Crippen molar-refractivity contribution in [2.24, 2.45) is 0 Å². The summed E-state index contributed by atoms with van der Waals surface area (Å²) in [5.41, 5.74) is 0. The number of hydrogen-bond donors (Lipinski definition) is 1. The van der Waals surface area contributed by atoms with E-state index in [1.54, 1.807) is 29.2 Å². The number of hydrogen-bond acceptors (Lipinski definition) is 3. The molecule has 19 heavy (non-hydrogen) atoms. The van der Waals surface area contributed by atoms with Gasteiger partial charge in [-0.1, -0.05) is 17.7 Å². The fourth-order valence-corrected chi connectivity index (χ4v) is 2.33. The third-order valence-corrected chi connectivity index (χ3v) is 3.37. The van der Waals surface area contributed by atoms with E-state index in [1.165, 1.54) is 0 Å². The molecule has 0 spiro atoms. The number of amides is 1. The minimum absolute atomic E-state index is 0.0285. The highest BCUT2D eigenvalue weighted by Gasteiger charge is 2.21. The van der Waals surface area contributed by atoms with E-state index in [4.69, 9.17) is 16.3 Å². The zero-order chi connectivity index (χ0) is 13.7. The van der Waals surface area contributed by atoms with E-state index in [0.717, 1.165) is 19.4 Å². The highest BCUT2D eigenvalue weighted by atomic mass is 35.5. The molecule has 1 heterocycles. The molecule has 1 atom stereocenters. The minimum Gasteiger partial charge on any atom is -0.493 e. The van der Waals surface area contributed by atoms with Crippen LogP contribution in [0.4, 0.5) is 0 Å². The quantitative estimate of drug-likeness (QED) is 0.920. The van der Waals surface area contributed by atoms with E-state index in [0.29, 0.717) is 30.3 Å². The normalized spacial score (nSPS) is 19.3. The molecule has 4 nitrogen and oxygen atoms in total. The Bertz CT molecular complexity index is 438. The summed E-state index contributed by atoms with van der Waals surface area (Å²) < 4.78 is 5.48. The molecule has 1 amide bonds. The molecule has 1 aromatic rings. The van der Waals surface area contributed by atoms with Gasteiger partial charge in [0.2, 0.25) is 5.91 Å². The van der Waals surface area contributed by atoms with Crippen LogP contribution in [0.3, 0.4) is 0 Å². The van der Waals surface area contributed by atoms with Gasteiger partial charge >= 0.3 is 0 Å². The minimum atomic E-state index is -0.383. The number of likely N-dealkylation sites (tertiary alicyclic amines) is 1. The van der Waals surface area contributed by atoms with Crippen molar-refractivity contribution in [3.05, 3.63) is 29.3 Å². The second kappa shape index (κ2) is 6.78. The second-order valence-corrected chi connectivity index (χ2v) is 5.13. The van der Waals surface area contributed by atoms with Crippen molar-refractivity contribution < 1.29 is 14.6 Å². The van der Waals surface area contributed by atoms with Crippen molar-refractivity contribution >= 4 is 17.5 Å². The average Bonchev–Trinajstić information content (AvgIpc) is 2.38. The summed E-state index contributed by atoms with van der Waals surface area (Å²) in [7, 11) is 0. The SMILES string of the molecule is O=C(CCOc1cccc(Cl)c1)N1CCC[C@H](O)C1. The Hall–Kier alpha value is -1.26. The molecule has 1 aliphatic rings. The van der Waals surface area contributed by atoms with Crippen LogP contribution in [-0.2, 0) is 4.79 Å². The third-order valence-electron chi connectivity index (χ3n) is 3.13. The molecule has 0 aromatic heterocycles. The maximum absolute atomic E-state index is 11.9. The first-order chi connectivity index (χ1) is 9.15. The number of ether oxygens (including phenoxy) is 1. The van der Waals surface area contributed by atoms with Crippen molar-refractivity contribution in [3.63, 3.8) is 0 Å². The molecule has 0 unspecified atom stereocenters. The van der Waals surface area contributed by atoms with Gasteiger partial charge < -0.3 is 14.7 Å². The standard InChI is InChI=1S/C14H18ClNO3/c15-11-3-1-5-13(9-11)19-8-6-14(18)16-7-2-4-12(17)10-16/h1,3,5,9,12,17H,2,4,6-8,10H2/t12-/m0/s1. The Morgan fingerprint density at radius 3 is 3.11 bits per heavy atom. The van der Waals surface area contributed by atoms with Gasteiger partial charge in [-0.05, 0) is 31.0 Å². The summed E-state index contributed by atoms with van der Waals surface area (Å²) in [6.07, 6.45) is 1.58. The Morgan fingerprint density at radius 1 is 1.53 bits per heavy atom. The first kappa shape index (κ1) is 14.2. The summed E-state index contributed by atoms with van der Waals surface area (Å²) in [4.78, 5) is 13.6. The van der Waals surface area contributed by atoms with E-state index in [-0.39, 0.29) is 12.0 Å². The van der Waals surface area contributed by atoms with Crippen LogP contribution in [0.15, 0.2) is 24.3 Å². The first-order valence-electron chi connectivity index (χ1n) is 6.49. The summed E-state index contributed by atoms with van der Waals surface area (Å²) in [5, 5.41) is 10.1. The second-order valence-electron chi connectivity index (χ2n) is 4.69. The number of aliphatic hydroxyl groups excluding tert-OH is 1. The molecule has 0 bridgehead atoms. The molecule has 0 aliphatic carbocycles. The number of rotatable bonds is 4. The molecule has 0 radical (unpaired) electrons. The van der Waals surface area contributed by atoms with Crippen LogP contribution in [0.1, 0.15) is 19.3 Å². The lowest BCUT2D eigenvalue weighted by Gasteiger charge is -2.30. The number of aliphatic hydroxyl groups is 1. The number of carbonyl (C=O) groups is 1. The molecule has 1 saturated heterocycles. The van der Waals surface area contributed by atoms with Crippen LogP contribution < -0.4 is 4.74 Å². The van der Waals surface area contributed by atoms with Gasteiger partial charge in [0, 0.05) is 18.1 Å². The van der Waals surface area contributed by atoms with E-state index >= 15 is 0 Å². The van der Waals surface area contributed by atoms with Crippen molar-refractivity contribution in [2.75, 3.05) is 19.7 Å². The van der Waals surface area contributed by atoms with Crippen LogP contribution in [0, 0.1) is 0 Å². The van der Waals surface area contributed by atoms with Crippen molar-refractivity contribution in [2.45, 2.75) is 25.4 Å². The van der Waals surface area contributed by atoms with Crippen LogP contribution >= 0.6 is 11.6 Å². The van der Waals surface area contributed by atoms with E-state index < -0.39 is 0 Å². The number of nitrogens with zero attached hydrogens (tertiary/aromatic N) is 1. The molecule has 2 rings (SSSR count). The fourth-order valence-electron chi connectivity index (χ4n) is 2.15. The van der Waals surface area contributed by atoms with Gasteiger partial charge in [0.1, 0.15) is 5.75 Å². The Balaban J connectivity index is 1.74. The molecule has 104 valence electrons. The largest absolute Gasteiger partial charge is 0.493 e. The van der Waals surface area contributed by atoms with Gasteiger partial charge in [-0.2, -0.15) is 0 Å². The summed E-state index contributed by atoms with van der Waals surface area (Å²) in [6, 6.07) is 7.10. The molecule has 0 saturated carbocycles. The third kappa shape index (κ3) is 4.40. The molecular weight excluding hydrogens is 266 g/mol. The predicted molar refractivity (Wildman–Crippen MR) is 73.4 cm³/mol. The van der Waals surface area contributed by atoms with Gasteiger partial charge in [-0.15, -0.1) is 0 Å². The molecule has 1 aromatic carbocycles. The van der Waals surface area contributed by atoms with E-state index in [2.05, 4.69) is 0 Å². The van der Waals surface area contributed by atoms with Gasteiger partial charge in [0.15, 0.2) is 0 Å². The van der Waals surface area contributed by atoms with Crippen LogP contribution in [0.5, 0.6) is 5.75 Å². The highest BCUT2D eigenvalue weighted by Crippen LogP contribution is 2.17. The van der Waals surface area contributed by atoms with Gasteiger partial charge in [-0.3, -0.25) is 4.79 Å². The van der Waals surface area contributed by atoms with Gasteiger partial charge in [0.05, 0.1) is 19.1 Å². The molecular formula is C14H18ClNO3. The first-order valence-corrected chi connectivity index (χ1v) is 6.87. The van der Waals surface area contributed by atoms with Crippen LogP contribution in [0.2, 0.25) is 5.02 Å². The smallest absolute Gasteiger partial charge is 0.226 e. The summed E-state index contributed by atoms with van der Waals surface area (Å²) in [6.45, 7) is 1.49.